The third kappa shape index (κ3) is 7.58. The highest BCUT2D eigenvalue weighted by atomic mass is 13.9. The van der Waals surface area contributed by atoms with E-state index in [0.717, 1.165) is 6.42 Å². The van der Waals surface area contributed by atoms with Crippen molar-refractivity contribution in [2.75, 3.05) is 0 Å². The minimum Gasteiger partial charge on any atom is -0.0683 e. The Morgan fingerprint density at radius 2 is 1.23 bits per heavy atom. The molecule has 0 spiro atoms. The third-order valence-electron chi connectivity index (χ3n) is 1.53. The zero-order chi connectivity index (χ0) is 10.7. The van der Waals surface area contributed by atoms with Gasteiger partial charge in [-0.15, -0.1) is 0 Å². The average Bonchev–Trinajstić information content (AvgIpc) is 2.25. The van der Waals surface area contributed by atoms with Crippen molar-refractivity contribution in [2.45, 2.75) is 48.0 Å². The van der Waals surface area contributed by atoms with Crippen LogP contribution < -0.4 is 0 Å². The third-order valence-corrected chi connectivity index (χ3v) is 1.53. The van der Waals surface area contributed by atoms with Crippen LogP contribution in [0.5, 0.6) is 0 Å². The van der Waals surface area contributed by atoms with Crippen molar-refractivity contribution in [3.8, 4) is 0 Å². The van der Waals surface area contributed by atoms with Crippen LogP contribution in [0, 0.1) is 6.92 Å². The molecule has 0 heterocycles. The van der Waals surface area contributed by atoms with E-state index < -0.39 is 0 Å². The number of hydrogen-bond donors (Lipinski definition) is 0. The topological polar surface area (TPSA) is 0 Å². The molecule has 0 saturated heterocycles. The minimum atomic E-state index is 1.14. The van der Waals surface area contributed by atoms with Gasteiger partial charge in [-0.1, -0.05) is 64.4 Å². The van der Waals surface area contributed by atoms with Crippen molar-refractivity contribution >= 4 is 0 Å². The fourth-order valence-electron chi connectivity index (χ4n) is 0.824. The van der Waals surface area contributed by atoms with Gasteiger partial charge >= 0.3 is 0 Å². The molecule has 0 amide bonds. The Hall–Kier alpha value is -0.780. The maximum atomic E-state index is 2.18. The van der Waals surface area contributed by atoms with Crippen LogP contribution in [0.4, 0.5) is 0 Å². The molecular formula is C13H24. The number of rotatable bonds is 1. The zero-order valence-corrected chi connectivity index (χ0v) is 10.0. The van der Waals surface area contributed by atoms with Gasteiger partial charge in [-0.3, -0.25) is 0 Å². The predicted molar refractivity (Wildman–Crippen MR) is 63.3 cm³/mol. The SMILES string of the molecule is CC.CC.CCc1ccc(C)cc1. The summed E-state index contributed by atoms with van der Waals surface area (Å²) in [7, 11) is 0. The lowest BCUT2D eigenvalue weighted by Crippen LogP contribution is -1.77. The summed E-state index contributed by atoms with van der Waals surface area (Å²) >= 11 is 0. The van der Waals surface area contributed by atoms with Gasteiger partial charge in [0.05, 0.1) is 0 Å². The summed E-state index contributed by atoms with van der Waals surface area (Å²) in [5.74, 6) is 0. The fraction of sp³-hybridized carbons (Fsp3) is 0.538. The molecule has 0 radical (unpaired) electrons. The van der Waals surface area contributed by atoms with Crippen molar-refractivity contribution in [3.63, 3.8) is 0 Å². The smallest absolute Gasteiger partial charge is 0.0307 e. The molecule has 0 nitrogen and oxygen atoms in total. The quantitative estimate of drug-likeness (QED) is 0.592. The summed E-state index contributed by atoms with van der Waals surface area (Å²) in [5, 5.41) is 0. The van der Waals surface area contributed by atoms with Crippen molar-refractivity contribution in [2.24, 2.45) is 0 Å². The second-order valence-corrected chi connectivity index (χ2v) is 2.34. The summed E-state index contributed by atoms with van der Waals surface area (Å²) in [6.07, 6.45) is 1.14. The molecule has 0 heteroatoms. The largest absolute Gasteiger partial charge is 0.0683 e. The first-order valence-corrected chi connectivity index (χ1v) is 5.38. The molecule has 13 heavy (non-hydrogen) atoms. The standard InChI is InChI=1S/C9H12.2C2H6/c1-3-9-6-4-8(2)5-7-9;2*1-2/h4-7H,3H2,1-2H3;2*1-2H3. The summed E-state index contributed by atoms with van der Waals surface area (Å²) < 4.78 is 0. The minimum absolute atomic E-state index is 1.14. The van der Waals surface area contributed by atoms with Crippen molar-refractivity contribution in [1.82, 2.24) is 0 Å². The van der Waals surface area contributed by atoms with E-state index in [4.69, 9.17) is 0 Å². The van der Waals surface area contributed by atoms with Gasteiger partial charge < -0.3 is 0 Å². The lowest BCUT2D eigenvalue weighted by atomic mass is 10.1. The molecule has 0 N–H and O–H groups in total. The van der Waals surface area contributed by atoms with E-state index in [1.165, 1.54) is 11.1 Å². The van der Waals surface area contributed by atoms with E-state index in [0.29, 0.717) is 0 Å². The van der Waals surface area contributed by atoms with Gasteiger partial charge in [0.25, 0.3) is 0 Å². The molecule has 0 aliphatic rings. The van der Waals surface area contributed by atoms with Gasteiger partial charge in [0.2, 0.25) is 0 Å². The molecule has 1 aromatic rings. The van der Waals surface area contributed by atoms with Crippen LogP contribution >= 0.6 is 0 Å². The van der Waals surface area contributed by atoms with Crippen molar-refractivity contribution < 1.29 is 0 Å². The van der Waals surface area contributed by atoms with E-state index in [2.05, 4.69) is 38.1 Å². The Morgan fingerprint density at radius 3 is 1.54 bits per heavy atom. The maximum Gasteiger partial charge on any atom is -0.0307 e. The highest BCUT2D eigenvalue weighted by Gasteiger charge is 1.84. The molecular weight excluding hydrogens is 156 g/mol. The lowest BCUT2D eigenvalue weighted by molar-refractivity contribution is 1.14. The van der Waals surface area contributed by atoms with Gasteiger partial charge in [-0.05, 0) is 18.9 Å². The van der Waals surface area contributed by atoms with Crippen LogP contribution in [0.15, 0.2) is 24.3 Å². The average molecular weight is 180 g/mol. The Labute approximate surface area is 84.0 Å². The van der Waals surface area contributed by atoms with Crippen LogP contribution in [-0.2, 0) is 6.42 Å². The molecule has 0 unspecified atom stereocenters. The van der Waals surface area contributed by atoms with Gasteiger partial charge in [-0.25, -0.2) is 0 Å². The lowest BCUT2D eigenvalue weighted by Gasteiger charge is -1.94. The van der Waals surface area contributed by atoms with Crippen LogP contribution in [0.2, 0.25) is 0 Å². The number of aryl methyl sites for hydroxylation is 2. The van der Waals surface area contributed by atoms with Gasteiger partial charge in [0, 0.05) is 0 Å². The normalized spacial score (nSPS) is 7.54. The summed E-state index contributed by atoms with van der Waals surface area (Å²) in [6, 6.07) is 8.66. The molecule has 0 fully saturated rings. The number of hydrogen-bond acceptors (Lipinski definition) is 0. The molecule has 0 bridgehead atoms. The molecule has 0 saturated carbocycles. The summed E-state index contributed by atoms with van der Waals surface area (Å²) in [5.41, 5.74) is 2.76. The fourth-order valence-corrected chi connectivity index (χ4v) is 0.824. The molecule has 76 valence electrons. The second kappa shape index (κ2) is 11.2. The van der Waals surface area contributed by atoms with Crippen LogP contribution in [0.3, 0.4) is 0 Å². The first-order chi connectivity index (χ1) is 6.33. The van der Waals surface area contributed by atoms with Crippen LogP contribution in [0.1, 0.15) is 45.7 Å². The van der Waals surface area contributed by atoms with Crippen LogP contribution in [-0.4, -0.2) is 0 Å². The zero-order valence-electron chi connectivity index (χ0n) is 10.0. The second-order valence-electron chi connectivity index (χ2n) is 2.34. The van der Waals surface area contributed by atoms with Gasteiger partial charge in [0.1, 0.15) is 0 Å². The summed E-state index contributed by atoms with van der Waals surface area (Å²) in [4.78, 5) is 0. The van der Waals surface area contributed by atoms with E-state index in [-0.39, 0.29) is 0 Å². The highest BCUT2D eigenvalue weighted by molar-refractivity contribution is 5.20. The Bertz CT molecular complexity index is 172. The van der Waals surface area contributed by atoms with E-state index >= 15 is 0 Å². The molecule has 0 aliphatic carbocycles. The molecule has 1 rings (SSSR count). The molecule has 0 aliphatic heterocycles. The monoisotopic (exact) mass is 180 g/mol. The van der Waals surface area contributed by atoms with Crippen molar-refractivity contribution in [1.29, 1.82) is 0 Å². The van der Waals surface area contributed by atoms with Crippen LogP contribution in [0.25, 0.3) is 0 Å². The first kappa shape index (κ1) is 14.7. The maximum absolute atomic E-state index is 2.18. The molecule has 1 aromatic carbocycles. The first-order valence-electron chi connectivity index (χ1n) is 5.38. The highest BCUT2D eigenvalue weighted by Crippen LogP contribution is 2.02. The van der Waals surface area contributed by atoms with Gasteiger partial charge in [-0.2, -0.15) is 0 Å². The summed E-state index contributed by atoms with van der Waals surface area (Å²) in [6.45, 7) is 12.3. The Balaban J connectivity index is 0. The van der Waals surface area contributed by atoms with E-state index in [9.17, 15) is 0 Å². The van der Waals surface area contributed by atoms with E-state index in [1.807, 2.05) is 27.7 Å². The predicted octanol–water partition coefficient (Wildman–Crippen LogP) is 4.61. The van der Waals surface area contributed by atoms with E-state index in [1.54, 1.807) is 0 Å². The van der Waals surface area contributed by atoms with Gasteiger partial charge in [0.15, 0.2) is 0 Å². The molecule has 0 aromatic heterocycles. The number of benzene rings is 1. The van der Waals surface area contributed by atoms with Crippen molar-refractivity contribution in [3.05, 3.63) is 35.4 Å². The Kier molecular flexibility index (Phi) is 12.7. The Morgan fingerprint density at radius 1 is 0.846 bits per heavy atom. The molecule has 0 atom stereocenters.